The fraction of sp³-hybridized carbons (Fsp3) is 0.619. The summed E-state index contributed by atoms with van der Waals surface area (Å²) in [5.74, 6) is 0.956. The minimum absolute atomic E-state index is 0.00317. The Balaban J connectivity index is 1.60. The highest BCUT2D eigenvalue weighted by molar-refractivity contribution is 5.79. The van der Waals surface area contributed by atoms with Crippen LogP contribution in [0.4, 0.5) is 5.95 Å². The van der Waals surface area contributed by atoms with Crippen molar-refractivity contribution in [2.45, 2.75) is 53.5 Å². The fourth-order valence-electron chi connectivity index (χ4n) is 4.05. The second-order valence-corrected chi connectivity index (χ2v) is 7.76. The molecule has 3 heterocycles. The number of nitrogens with zero attached hydrogens (tertiary/aromatic N) is 6. The summed E-state index contributed by atoms with van der Waals surface area (Å²) in [6.07, 6.45) is 4.55. The van der Waals surface area contributed by atoms with E-state index in [2.05, 4.69) is 40.7 Å². The Morgan fingerprint density at radius 1 is 1.32 bits per heavy atom. The van der Waals surface area contributed by atoms with Crippen molar-refractivity contribution in [3.8, 4) is 0 Å². The molecule has 3 rings (SSSR count). The van der Waals surface area contributed by atoms with Crippen molar-refractivity contribution >= 4 is 11.9 Å². The predicted molar refractivity (Wildman–Crippen MR) is 110 cm³/mol. The molecule has 1 aliphatic heterocycles. The van der Waals surface area contributed by atoms with E-state index in [0.717, 1.165) is 49.7 Å². The quantitative estimate of drug-likeness (QED) is 0.766. The summed E-state index contributed by atoms with van der Waals surface area (Å²) in [4.78, 5) is 26.0. The number of carbonyl (C=O) groups excluding carboxylic acids is 1. The van der Waals surface area contributed by atoms with Gasteiger partial charge in [-0.1, -0.05) is 0 Å². The monoisotopic (exact) mass is 384 g/mol. The van der Waals surface area contributed by atoms with Gasteiger partial charge >= 0.3 is 0 Å². The van der Waals surface area contributed by atoms with Gasteiger partial charge < -0.3 is 9.80 Å². The second-order valence-electron chi connectivity index (χ2n) is 7.76. The molecule has 7 heteroatoms. The number of aryl methyl sites for hydroxylation is 3. The van der Waals surface area contributed by atoms with Crippen LogP contribution in [-0.4, -0.2) is 57.2 Å². The number of anilines is 1. The lowest BCUT2D eigenvalue weighted by Crippen LogP contribution is -2.44. The third-order valence-electron chi connectivity index (χ3n) is 5.74. The van der Waals surface area contributed by atoms with Gasteiger partial charge in [0.25, 0.3) is 0 Å². The molecule has 0 radical (unpaired) electrons. The fourth-order valence-corrected chi connectivity index (χ4v) is 4.05. The zero-order valence-corrected chi connectivity index (χ0v) is 17.8. The van der Waals surface area contributed by atoms with E-state index in [1.807, 2.05) is 29.6 Å². The summed E-state index contributed by atoms with van der Waals surface area (Å²) in [6.45, 7) is 11.4. The molecule has 0 aliphatic carbocycles. The van der Waals surface area contributed by atoms with E-state index < -0.39 is 0 Å². The average molecular weight is 385 g/mol. The van der Waals surface area contributed by atoms with E-state index in [0.29, 0.717) is 13.1 Å². The van der Waals surface area contributed by atoms with Crippen LogP contribution >= 0.6 is 0 Å². The largest absolute Gasteiger partial charge is 0.345 e. The van der Waals surface area contributed by atoms with Gasteiger partial charge in [-0.25, -0.2) is 9.97 Å². The summed E-state index contributed by atoms with van der Waals surface area (Å²) in [7, 11) is 1.92. The van der Waals surface area contributed by atoms with E-state index in [1.165, 1.54) is 11.3 Å². The zero-order valence-electron chi connectivity index (χ0n) is 17.8. The Labute approximate surface area is 167 Å². The van der Waals surface area contributed by atoms with Gasteiger partial charge in [-0.3, -0.25) is 9.48 Å². The molecule has 0 aromatic carbocycles. The van der Waals surface area contributed by atoms with Crippen LogP contribution in [-0.2, 0) is 17.8 Å². The first-order chi connectivity index (χ1) is 13.4. The van der Waals surface area contributed by atoms with E-state index in [9.17, 15) is 4.79 Å². The highest BCUT2D eigenvalue weighted by atomic mass is 16.2. The van der Waals surface area contributed by atoms with Crippen molar-refractivity contribution in [2.24, 2.45) is 5.92 Å². The molecule has 1 atom stereocenters. The molecular formula is C21H32N6O. The van der Waals surface area contributed by atoms with Crippen molar-refractivity contribution in [1.82, 2.24) is 24.6 Å². The molecule has 0 saturated carbocycles. The molecule has 2 aromatic rings. The van der Waals surface area contributed by atoms with Crippen molar-refractivity contribution in [3.05, 3.63) is 34.9 Å². The van der Waals surface area contributed by atoms with E-state index >= 15 is 0 Å². The van der Waals surface area contributed by atoms with Crippen LogP contribution in [0.2, 0.25) is 0 Å². The number of hydrogen-bond acceptors (Lipinski definition) is 5. The van der Waals surface area contributed by atoms with Crippen molar-refractivity contribution in [2.75, 3.05) is 31.6 Å². The molecular weight excluding hydrogens is 352 g/mol. The first-order valence-electron chi connectivity index (χ1n) is 10.2. The number of aromatic nitrogens is 4. The number of hydrogen-bond donors (Lipinski definition) is 0. The van der Waals surface area contributed by atoms with Crippen LogP contribution < -0.4 is 4.90 Å². The van der Waals surface area contributed by atoms with Crippen molar-refractivity contribution in [3.63, 3.8) is 0 Å². The zero-order chi connectivity index (χ0) is 20.3. The summed E-state index contributed by atoms with van der Waals surface area (Å²) in [6, 6.07) is 1.90. The van der Waals surface area contributed by atoms with E-state index in [-0.39, 0.29) is 11.8 Å². The smallest absolute Gasteiger partial charge is 0.227 e. The molecule has 1 saturated heterocycles. The SMILES string of the molecule is CCn1nc(C)c(CCN(C)C(=O)C2CCCN(c3nccc(C)n3)C2)c1C. The molecule has 0 spiro atoms. The molecule has 7 nitrogen and oxygen atoms in total. The molecule has 28 heavy (non-hydrogen) atoms. The molecule has 1 aliphatic rings. The average Bonchev–Trinajstić information content (AvgIpc) is 2.98. The van der Waals surface area contributed by atoms with Crippen LogP contribution in [0.3, 0.4) is 0 Å². The first-order valence-corrected chi connectivity index (χ1v) is 10.2. The number of likely N-dealkylation sites (N-methyl/N-ethyl adjacent to an activating group) is 1. The van der Waals surface area contributed by atoms with Gasteiger partial charge in [0.05, 0.1) is 11.6 Å². The number of amides is 1. The molecule has 0 bridgehead atoms. The molecule has 1 fully saturated rings. The van der Waals surface area contributed by atoms with Gasteiger partial charge in [0, 0.05) is 50.8 Å². The minimum Gasteiger partial charge on any atom is -0.345 e. The first kappa shape index (κ1) is 20.3. The van der Waals surface area contributed by atoms with Crippen LogP contribution in [0, 0.1) is 26.7 Å². The van der Waals surface area contributed by atoms with Crippen LogP contribution in [0.5, 0.6) is 0 Å². The maximum atomic E-state index is 13.0. The summed E-state index contributed by atoms with van der Waals surface area (Å²) in [5, 5.41) is 4.58. The Hall–Kier alpha value is -2.44. The second kappa shape index (κ2) is 8.71. The normalized spacial score (nSPS) is 17.0. The molecule has 0 N–H and O–H groups in total. The third-order valence-corrected chi connectivity index (χ3v) is 5.74. The maximum absolute atomic E-state index is 13.0. The van der Waals surface area contributed by atoms with E-state index in [1.54, 1.807) is 6.20 Å². The summed E-state index contributed by atoms with van der Waals surface area (Å²) >= 11 is 0. The van der Waals surface area contributed by atoms with Gasteiger partial charge in [0.1, 0.15) is 0 Å². The van der Waals surface area contributed by atoms with Crippen LogP contribution in [0.25, 0.3) is 0 Å². The maximum Gasteiger partial charge on any atom is 0.227 e. The van der Waals surface area contributed by atoms with E-state index in [4.69, 9.17) is 0 Å². The number of piperidine rings is 1. The predicted octanol–water partition coefficient (Wildman–Crippen LogP) is 2.54. The molecule has 1 unspecified atom stereocenters. The minimum atomic E-state index is 0.00317. The van der Waals surface area contributed by atoms with Gasteiger partial charge in [-0.2, -0.15) is 5.10 Å². The Bertz CT molecular complexity index is 830. The Morgan fingerprint density at radius 3 is 2.79 bits per heavy atom. The highest BCUT2D eigenvalue weighted by Crippen LogP contribution is 2.22. The third kappa shape index (κ3) is 4.34. The molecule has 2 aromatic heterocycles. The number of rotatable bonds is 6. The summed E-state index contributed by atoms with van der Waals surface area (Å²) < 4.78 is 2.04. The van der Waals surface area contributed by atoms with Gasteiger partial charge in [0.2, 0.25) is 11.9 Å². The topological polar surface area (TPSA) is 67.2 Å². The standard InChI is InChI=1S/C21H32N6O/c1-6-27-17(4)19(16(3)24-27)10-13-25(5)20(28)18-8-7-12-26(14-18)21-22-11-9-15(2)23-21/h9,11,18H,6-8,10,12-14H2,1-5H3. The number of carbonyl (C=O) groups is 1. The lowest BCUT2D eigenvalue weighted by Gasteiger charge is -2.34. The van der Waals surface area contributed by atoms with Crippen LogP contribution in [0.15, 0.2) is 12.3 Å². The van der Waals surface area contributed by atoms with Gasteiger partial charge in [-0.15, -0.1) is 0 Å². The molecule has 1 amide bonds. The summed E-state index contributed by atoms with van der Waals surface area (Å²) in [5.41, 5.74) is 4.50. The van der Waals surface area contributed by atoms with Crippen molar-refractivity contribution in [1.29, 1.82) is 0 Å². The Morgan fingerprint density at radius 2 is 2.11 bits per heavy atom. The lowest BCUT2D eigenvalue weighted by atomic mass is 9.96. The molecule has 152 valence electrons. The van der Waals surface area contributed by atoms with Gasteiger partial charge in [-0.05, 0) is 58.6 Å². The van der Waals surface area contributed by atoms with Crippen molar-refractivity contribution < 1.29 is 4.79 Å². The van der Waals surface area contributed by atoms with Crippen LogP contribution in [0.1, 0.15) is 42.4 Å². The lowest BCUT2D eigenvalue weighted by molar-refractivity contribution is -0.134. The highest BCUT2D eigenvalue weighted by Gasteiger charge is 2.29. The van der Waals surface area contributed by atoms with Gasteiger partial charge in [0.15, 0.2) is 0 Å². The Kier molecular flexibility index (Phi) is 6.31.